The summed E-state index contributed by atoms with van der Waals surface area (Å²) < 4.78 is 18.8. The maximum Gasteiger partial charge on any atom is 0.128 e. The maximum absolute atomic E-state index is 13.3. The first kappa shape index (κ1) is 11.8. The van der Waals surface area contributed by atoms with Gasteiger partial charge in [0.1, 0.15) is 23.9 Å². The minimum atomic E-state index is -0.266. The zero-order valence-corrected chi connectivity index (χ0v) is 10.5. The highest BCUT2D eigenvalue weighted by Crippen LogP contribution is 2.37. The molecule has 98 valence electrons. The Balaban J connectivity index is 1.88. The van der Waals surface area contributed by atoms with E-state index in [-0.39, 0.29) is 17.6 Å². The third-order valence-corrected chi connectivity index (χ3v) is 3.31. The Bertz CT molecular complexity index is 628. The molecule has 2 N–H and O–H groups in total. The van der Waals surface area contributed by atoms with Crippen LogP contribution in [0.3, 0.4) is 0 Å². The minimum Gasteiger partial charge on any atom is -0.508 e. The Morgan fingerprint density at radius 2 is 2.11 bits per heavy atom. The number of benzene rings is 2. The molecule has 2 aromatic carbocycles. The van der Waals surface area contributed by atoms with Crippen molar-refractivity contribution in [2.45, 2.75) is 13.0 Å². The van der Waals surface area contributed by atoms with Crippen LogP contribution in [0.2, 0.25) is 0 Å². The standard InChI is InChI=1S/C15H14FNO2/c1-9-2-3-10(16)6-13(9)17-14-8-19-15-7-11(18)4-5-12(14)15/h2-7,14,17-18H,8H2,1H3. The molecule has 0 aromatic heterocycles. The first-order valence-corrected chi connectivity index (χ1v) is 6.12. The van der Waals surface area contributed by atoms with Crippen LogP contribution in [0, 0.1) is 12.7 Å². The first-order valence-electron chi connectivity index (χ1n) is 6.12. The van der Waals surface area contributed by atoms with Gasteiger partial charge < -0.3 is 15.2 Å². The van der Waals surface area contributed by atoms with Crippen molar-refractivity contribution in [3.63, 3.8) is 0 Å². The second-order valence-electron chi connectivity index (χ2n) is 4.69. The summed E-state index contributed by atoms with van der Waals surface area (Å²) in [5.74, 6) is 0.589. The molecular weight excluding hydrogens is 245 g/mol. The quantitative estimate of drug-likeness (QED) is 0.868. The summed E-state index contributed by atoms with van der Waals surface area (Å²) in [5.41, 5.74) is 2.71. The smallest absolute Gasteiger partial charge is 0.128 e. The molecule has 1 unspecified atom stereocenters. The van der Waals surface area contributed by atoms with Gasteiger partial charge in [0, 0.05) is 17.3 Å². The zero-order valence-electron chi connectivity index (χ0n) is 10.5. The van der Waals surface area contributed by atoms with Crippen LogP contribution >= 0.6 is 0 Å². The molecule has 1 heterocycles. The molecule has 1 atom stereocenters. The van der Waals surface area contributed by atoms with Crippen LogP contribution in [0.4, 0.5) is 10.1 Å². The summed E-state index contributed by atoms with van der Waals surface area (Å²) in [5, 5.41) is 12.7. The molecule has 0 saturated carbocycles. The highest BCUT2D eigenvalue weighted by atomic mass is 19.1. The largest absolute Gasteiger partial charge is 0.508 e. The summed E-state index contributed by atoms with van der Waals surface area (Å²) in [4.78, 5) is 0. The molecule has 0 fully saturated rings. The van der Waals surface area contributed by atoms with Crippen molar-refractivity contribution >= 4 is 5.69 Å². The summed E-state index contributed by atoms with van der Waals surface area (Å²) in [6, 6.07) is 9.67. The molecular formula is C15H14FNO2. The topological polar surface area (TPSA) is 41.5 Å². The molecule has 4 heteroatoms. The van der Waals surface area contributed by atoms with Gasteiger partial charge in [-0.25, -0.2) is 4.39 Å². The number of hydrogen-bond acceptors (Lipinski definition) is 3. The van der Waals surface area contributed by atoms with Crippen LogP contribution < -0.4 is 10.1 Å². The highest BCUT2D eigenvalue weighted by molar-refractivity contribution is 5.55. The fraction of sp³-hybridized carbons (Fsp3) is 0.200. The van der Waals surface area contributed by atoms with Crippen molar-refractivity contribution in [3.8, 4) is 11.5 Å². The predicted octanol–water partition coefficient (Wildman–Crippen LogP) is 3.39. The van der Waals surface area contributed by atoms with Gasteiger partial charge in [0.2, 0.25) is 0 Å². The number of rotatable bonds is 2. The van der Waals surface area contributed by atoms with E-state index in [1.165, 1.54) is 12.1 Å². The van der Waals surface area contributed by atoms with Crippen molar-refractivity contribution in [2.24, 2.45) is 0 Å². The molecule has 0 amide bonds. The number of nitrogens with one attached hydrogen (secondary N) is 1. The highest BCUT2D eigenvalue weighted by Gasteiger charge is 2.24. The summed E-state index contributed by atoms with van der Waals surface area (Å²) in [6.07, 6.45) is 0. The van der Waals surface area contributed by atoms with Crippen LogP contribution in [0.15, 0.2) is 36.4 Å². The van der Waals surface area contributed by atoms with Gasteiger partial charge in [0.05, 0.1) is 6.04 Å². The monoisotopic (exact) mass is 259 g/mol. The Labute approximate surface area is 110 Å². The Morgan fingerprint density at radius 1 is 1.26 bits per heavy atom. The van der Waals surface area contributed by atoms with Gasteiger partial charge in [-0.2, -0.15) is 0 Å². The first-order chi connectivity index (χ1) is 9.13. The van der Waals surface area contributed by atoms with Crippen LogP contribution in [-0.2, 0) is 0 Å². The van der Waals surface area contributed by atoms with E-state index in [0.717, 1.165) is 16.8 Å². The van der Waals surface area contributed by atoms with Crippen molar-refractivity contribution in [1.82, 2.24) is 0 Å². The van der Waals surface area contributed by atoms with E-state index in [1.807, 2.05) is 13.0 Å². The van der Waals surface area contributed by atoms with Crippen molar-refractivity contribution in [1.29, 1.82) is 0 Å². The van der Waals surface area contributed by atoms with Gasteiger partial charge >= 0.3 is 0 Å². The molecule has 0 radical (unpaired) electrons. The SMILES string of the molecule is Cc1ccc(F)cc1NC1COc2cc(O)ccc21. The van der Waals surface area contributed by atoms with Gasteiger partial charge in [-0.3, -0.25) is 0 Å². The Morgan fingerprint density at radius 3 is 2.95 bits per heavy atom. The Hall–Kier alpha value is -2.23. The summed E-state index contributed by atoms with van der Waals surface area (Å²) >= 11 is 0. The number of fused-ring (bicyclic) bond motifs is 1. The van der Waals surface area contributed by atoms with Gasteiger partial charge in [-0.05, 0) is 36.8 Å². The number of aromatic hydroxyl groups is 1. The van der Waals surface area contributed by atoms with Crippen LogP contribution in [-0.4, -0.2) is 11.7 Å². The molecule has 0 bridgehead atoms. The fourth-order valence-electron chi connectivity index (χ4n) is 2.26. The molecule has 2 aromatic rings. The lowest BCUT2D eigenvalue weighted by Gasteiger charge is -2.15. The zero-order chi connectivity index (χ0) is 13.4. The molecule has 19 heavy (non-hydrogen) atoms. The van der Waals surface area contributed by atoms with Crippen molar-refractivity contribution in [3.05, 3.63) is 53.3 Å². The van der Waals surface area contributed by atoms with Crippen LogP contribution in [0.25, 0.3) is 0 Å². The Kier molecular flexibility index (Phi) is 2.78. The van der Waals surface area contributed by atoms with Gasteiger partial charge in [0.15, 0.2) is 0 Å². The molecule has 1 aliphatic heterocycles. The fourth-order valence-corrected chi connectivity index (χ4v) is 2.26. The number of ether oxygens (including phenoxy) is 1. The molecule has 3 nitrogen and oxygen atoms in total. The second-order valence-corrected chi connectivity index (χ2v) is 4.69. The van der Waals surface area contributed by atoms with Crippen molar-refractivity contribution < 1.29 is 14.2 Å². The number of phenols is 1. The maximum atomic E-state index is 13.3. The van der Waals surface area contributed by atoms with Gasteiger partial charge in [-0.1, -0.05) is 6.07 Å². The predicted molar refractivity (Wildman–Crippen MR) is 71.1 cm³/mol. The molecule has 0 saturated heterocycles. The number of anilines is 1. The average molecular weight is 259 g/mol. The summed E-state index contributed by atoms with van der Waals surface area (Å²) in [6.45, 7) is 2.39. The lowest BCUT2D eigenvalue weighted by atomic mass is 10.1. The number of hydrogen-bond donors (Lipinski definition) is 2. The van der Waals surface area contributed by atoms with E-state index in [1.54, 1.807) is 18.2 Å². The number of phenolic OH excluding ortho intramolecular Hbond substituents is 1. The van der Waals surface area contributed by atoms with Crippen molar-refractivity contribution in [2.75, 3.05) is 11.9 Å². The number of aryl methyl sites for hydroxylation is 1. The van der Waals surface area contributed by atoms with E-state index >= 15 is 0 Å². The van der Waals surface area contributed by atoms with E-state index in [2.05, 4.69) is 5.32 Å². The minimum absolute atomic E-state index is 0.0314. The normalized spacial score (nSPS) is 16.8. The number of halogens is 1. The average Bonchev–Trinajstić information content (AvgIpc) is 2.76. The van der Waals surface area contributed by atoms with E-state index in [9.17, 15) is 9.50 Å². The van der Waals surface area contributed by atoms with Gasteiger partial charge in [0.25, 0.3) is 0 Å². The third-order valence-electron chi connectivity index (χ3n) is 3.31. The molecule has 0 aliphatic carbocycles. The molecule has 1 aliphatic rings. The van der Waals surface area contributed by atoms with Crippen LogP contribution in [0.1, 0.15) is 17.2 Å². The van der Waals surface area contributed by atoms with Gasteiger partial charge in [-0.15, -0.1) is 0 Å². The lowest BCUT2D eigenvalue weighted by molar-refractivity contribution is 0.338. The third kappa shape index (κ3) is 2.21. The molecule has 0 spiro atoms. The molecule has 3 rings (SSSR count). The van der Waals surface area contributed by atoms with E-state index in [4.69, 9.17) is 4.74 Å². The van der Waals surface area contributed by atoms with Crippen LogP contribution in [0.5, 0.6) is 11.5 Å². The van der Waals surface area contributed by atoms with E-state index < -0.39 is 0 Å². The summed E-state index contributed by atoms with van der Waals surface area (Å²) in [7, 11) is 0. The lowest BCUT2D eigenvalue weighted by Crippen LogP contribution is -2.12. The van der Waals surface area contributed by atoms with E-state index in [0.29, 0.717) is 12.4 Å². The second kappa shape index (κ2) is 4.46.